The van der Waals surface area contributed by atoms with Crippen molar-refractivity contribution in [2.75, 3.05) is 20.2 Å². The molecule has 1 saturated heterocycles. The Labute approximate surface area is 210 Å². The highest BCUT2D eigenvalue weighted by atomic mass is 16.5. The third-order valence-corrected chi connectivity index (χ3v) is 7.04. The predicted molar refractivity (Wildman–Crippen MR) is 139 cm³/mol. The number of piperidine rings is 1. The van der Waals surface area contributed by atoms with Crippen molar-refractivity contribution in [1.82, 2.24) is 19.8 Å². The molecule has 0 bridgehead atoms. The van der Waals surface area contributed by atoms with E-state index in [-0.39, 0.29) is 23.8 Å². The number of hydrogen-bond acceptors (Lipinski definition) is 4. The Morgan fingerprint density at radius 2 is 1.72 bits per heavy atom. The minimum absolute atomic E-state index is 0.000869. The number of methoxy groups -OCH3 is 1. The van der Waals surface area contributed by atoms with Gasteiger partial charge in [0.2, 0.25) is 5.91 Å². The van der Waals surface area contributed by atoms with Crippen molar-refractivity contribution in [2.45, 2.75) is 25.8 Å². The molecular formula is C29H30N4O3. The molecule has 0 aliphatic carbocycles. The molecule has 1 aliphatic rings. The SMILES string of the molecule is COc1ccc(C(=O)N2CCC(C(=O)N[C@H](C)c3ccc(-n4ccnc4)cc3)CC2)c2ccccc12. The molecule has 0 radical (unpaired) electrons. The summed E-state index contributed by atoms with van der Waals surface area (Å²) in [6.07, 6.45) is 6.70. The number of aromatic nitrogens is 2. The Morgan fingerprint density at radius 1 is 1.00 bits per heavy atom. The fourth-order valence-corrected chi connectivity index (χ4v) is 4.91. The second kappa shape index (κ2) is 10.2. The molecule has 1 atom stereocenters. The molecule has 0 saturated carbocycles. The molecule has 1 N–H and O–H groups in total. The number of rotatable bonds is 6. The summed E-state index contributed by atoms with van der Waals surface area (Å²) in [6.45, 7) is 3.12. The third kappa shape index (κ3) is 4.69. The fourth-order valence-electron chi connectivity index (χ4n) is 4.91. The Hall–Kier alpha value is -4.13. The van der Waals surface area contributed by atoms with E-state index in [0.717, 1.165) is 27.8 Å². The molecular weight excluding hydrogens is 452 g/mol. The Morgan fingerprint density at radius 3 is 2.39 bits per heavy atom. The molecule has 3 aromatic carbocycles. The molecule has 2 amide bonds. The van der Waals surface area contributed by atoms with Crippen LogP contribution >= 0.6 is 0 Å². The number of hydrogen-bond donors (Lipinski definition) is 1. The Balaban J connectivity index is 1.19. The van der Waals surface area contributed by atoms with E-state index >= 15 is 0 Å². The summed E-state index contributed by atoms with van der Waals surface area (Å²) in [5, 5.41) is 4.96. The maximum atomic E-state index is 13.3. The van der Waals surface area contributed by atoms with Gasteiger partial charge in [-0.05, 0) is 55.0 Å². The van der Waals surface area contributed by atoms with Crippen LogP contribution in [0.15, 0.2) is 79.4 Å². The van der Waals surface area contributed by atoms with E-state index in [1.54, 1.807) is 19.6 Å². The van der Waals surface area contributed by atoms with Gasteiger partial charge in [0.15, 0.2) is 0 Å². The first-order valence-electron chi connectivity index (χ1n) is 12.3. The van der Waals surface area contributed by atoms with Crippen LogP contribution in [0.2, 0.25) is 0 Å². The summed E-state index contributed by atoms with van der Waals surface area (Å²) in [7, 11) is 1.64. The van der Waals surface area contributed by atoms with Crippen LogP contribution in [0, 0.1) is 5.92 Å². The minimum atomic E-state index is -0.102. The van der Waals surface area contributed by atoms with E-state index < -0.39 is 0 Å². The number of carbonyl (C=O) groups excluding carboxylic acids is 2. The second-order valence-corrected chi connectivity index (χ2v) is 9.22. The Kier molecular flexibility index (Phi) is 6.71. The number of fused-ring (bicyclic) bond motifs is 1. The monoisotopic (exact) mass is 482 g/mol. The zero-order chi connectivity index (χ0) is 25.1. The molecule has 1 aliphatic heterocycles. The van der Waals surface area contributed by atoms with Gasteiger partial charge in [0.1, 0.15) is 5.75 Å². The normalized spacial score (nSPS) is 15.0. The molecule has 2 heterocycles. The smallest absolute Gasteiger partial charge is 0.254 e. The van der Waals surface area contributed by atoms with Gasteiger partial charge in [-0.3, -0.25) is 9.59 Å². The van der Waals surface area contributed by atoms with Crippen LogP contribution in [-0.4, -0.2) is 46.5 Å². The molecule has 4 aromatic rings. The van der Waals surface area contributed by atoms with Crippen LogP contribution in [0.25, 0.3) is 16.5 Å². The van der Waals surface area contributed by atoms with Crippen molar-refractivity contribution in [2.24, 2.45) is 5.92 Å². The summed E-state index contributed by atoms with van der Waals surface area (Å²) in [6, 6.07) is 19.5. The molecule has 36 heavy (non-hydrogen) atoms. The van der Waals surface area contributed by atoms with Crippen molar-refractivity contribution < 1.29 is 14.3 Å². The standard InChI is InChI=1S/C29H30N4O3/c1-20(21-7-9-23(10-8-21)33-18-15-30-19-33)31-28(34)22-13-16-32(17-14-22)29(35)26-11-12-27(36-2)25-6-4-3-5-24(25)26/h3-12,15,18-20,22H,13-14,16-17H2,1-2H3,(H,31,34)/t20-/m1/s1. The highest BCUT2D eigenvalue weighted by molar-refractivity contribution is 6.08. The number of ether oxygens (including phenoxy) is 1. The fraction of sp³-hybridized carbons (Fsp3) is 0.276. The number of nitrogens with one attached hydrogen (secondary N) is 1. The van der Waals surface area contributed by atoms with Crippen LogP contribution in [0.1, 0.15) is 41.7 Å². The zero-order valence-corrected chi connectivity index (χ0v) is 20.6. The topological polar surface area (TPSA) is 76.5 Å². The molecule has 184 valence electrons. The number of amides is 2. The van der Waals surface area contributed by atoms with Gasteiger partial charge in [-0.25, -0.2) is 4.98 Å². The quantitative estimate of drug-likeness (QED) is 0.430. The molecule has 1 fully saturated rings. The summed E-state index contributed by atoms with van der Waals surface area (Å²) < 4.78 is 7.40. The molecule has 1 aromatic heterocycles. The van der Waals surface area contributed by atoms with Crippen LogP contribution in [0.5, 0.6) is 5.75 Å². The van der Waals surface area contributed by atoms with Gasteiger partial charge in [0, 0.05) is 48.0 Å². The first-order chi connectivity index (χ1) is 17.5. The molecule has 7 nitrogen and oxygen atoms in total. The third-order valence-electron chi connectivity index (χ3n) is 7.04. The summed E-state index contributed by atoms with van der Waals surface area (Å²) in [5.41, 5.74) is 2.74. The van der Waals surface area contributed by atoms with Crippen molar-refractivity contribution in [3.63, 3.8) is 0 Å². The lowest BCUT2D eigenvalue weighted by Gasteiger charge is -2.32. The van der Waals surface area contributed by atoms with Crippen molar-refractivity contribution in [3.05, 3.63) is 90.5 Å². The van der Waals surface area contributed by atoms with E-state index in [2.05, 4.69) is 10.3 Å². The number of carbonyl (C=O) groups is 2. The summed E-state index contributed by atoms with van der Waals surface area (Å²) >= 11 is 0. The van der Waals surface area contributed by atoms with Crippen LogP contribution < -0.4 is 10.1 Å². The van der Waals surface area contributed by atoms with Gasteiger partial charge in [-0.15, -0.1) is 0 Å². The van der Waals surface area contributed by atoms with Gasteiger partial charge in [0.25, 0.3) is 5.91 Å². The van der Waals surface area contributed by atoms with Crippen molar-refractivity contribution in [3.8, 4) is 11.4 Å². The summed E-state index contributed by atoms with van der Waals surface area (Å²) in [5.74, 6) is 0.694. The average Bonchev–Trinajstić information content (AvgIpc) is 3.47. The predicted octanol–water partition coefficient (Wildman–Crippen LogP) is 4.76. The van der Waals surface area contributed by atoms with Gasteiger partial charge in [0.05, 0.1) is 19.5 Å². The van der Waals surface area contributed by atoms with E-state index in [4.69, 9.17) is 4.74 Å². The maximum absolute atomic E-state index is 13.3. The maximum Gasteiger partial charge on any atom is 0.254 e. The number of likely N-dealkylation sites (tertiary alicyclic amines) is 1. The van der Waals surface area contributed by atoms with Gasteiger partial charge in [-0.1, -0.05) is 36.4 Å². The van der Waals surface area contributed by atoms with Crippen LogP contribution in [0.3, 0.4) is 0 Å². The first kappa shape index (κ1) is 23.6. The van der Waals surface area contributed by atoms with Crippen molar-refractivity contribution in [1.29, 1.82) is 0 Å². The van der Waals surface area contributed by atoms with E-state index in [1.165, 1.54) is 0 Å². The lowest BCUT2D eigenvalue weighted by atomic mass is 9.94. The van der Waals surface area contributed by atoms with Crippen LogP contribution in [0.4, 0.5) is 0 Å². The van der Waals surface area contributed by atoms with Gasteiger partial charge >= 0.3 is 0 Å². The van der Waals surface area contributed by atoms with Gasteiger partial charge in [-0.2, -0.15) is 0 Å². The molecule has 0 spiro atoms. The number of benzene rings is 3. The molecule has 7 heteroatoms. The zero-order valence-electron chi connectivity index (χ0n) is 20.6. The van der Waals surface area contributed by atoms with Crippen LogP contribution in [-0.2, 0) is 4.79 Å². The lowest BCUT2D eigenvalue weighted by molar-refractivity contribution is -0.127. The second-order valence-electron chi connectivity index (χ2n) is 9.22. The van der Waals surface area contributed by atoms with E-state index in [0.29, 0.717) is 31.5 Å². The summed E-state index contributed by atoms with van der Waals surface area (Å²) in [4.78, 5) is 32.3. The Bertz CT molecular complexity index is 1360. The highest BCUT2D eigenvalue weighted by Crippen LogP contribution is 2.30. The first-order valence-corrected chi connectivity index (χ1v) is 12.3. The number of nitrogens with zero attached hydrogens (tertiary/aromatic N) is 3. The van der Waals surface area contributed by atoms with E-state index in [9.17, 15) is 9.59 Å². The lowest BCUT2D eigenvalue weighted by Crippen LogP contribution is -2.43. The largest absolute Gasteiger partial charge is 0.496 e. The van der Waals surface area contributed by atoms with E-state index in [1.807, 2.05) is 83.3 Å². The average molecular weight is 483 g/mol. The van der Waals surface area contributed by atoms with Crippen molar-refractivity contribution >= 4 is 22.6 Å². The molecule has 0 unspecified atom stereocenters. The van der Waals surface area contributed by atoms with Gasteiger partial charge < -0.3 is 19.5 Å². The molecule has 5 rings (SSSR count). The highest BCUT2D eigenvalue weighted by Gasteiger charge is 2.29. The minimum Gasteiger partial charge on any atom is -0.496 e. The number of imidazole rings is 1.